The highest BCUT2D eigenvalue weighted by Crippen LogP contribution is 2.27. The molecule has 4 heteroatoms. The van der Waals surface area contributed by atoms with Crippen molar-refractivity contribution < 1.29 is 0 Å². The molecule has 1 aromatic rings. The van der Waals surface area contributed by atoms with E-state index in [0.29, 0.717) is 12.0 Å². The molecule has 0 amide bonds. The van der Waals surface area contributed by atoms with Crippen LogP contribution in [0.2, 0.25) is 0 Å². The quantitative estimate of drug-likeness (QED) is 0.806. The lowest BCUT2D eigenvalue weighted by molar-refractivity contribution is 0.358. The van der Waals surface area contributed by atoms with Crippen molar-refractivity contribution in [3.63, 3.8) is 0 Å². The summed E-state index contributed by atoms with van der Waals surface area (Å²) in [6.45, 7) is 18.4. The summed E-state index contributed by atoms with van der Waals surface area (Å²) in [6, 6.07) is 0.338. The van der Waals surface area contributed by atoms with Crippen molar-refractivity contribution in [1.29, 1.82) is 0 Å². The Morgan fingerprint density at radius 2 is 1.62 bits per heavy atom. The first-order valence-corrected chi connectivity index (χ1v) is 8.05. The largest absolute Gasteiger partial charge is 0.370 e. The van der Waals surface area contributed by atoms with E-state index in [1.165, 1.54) is 0 Å². The molecule has 0 aliphatic rings. The highest BCUT2D eigenvalue weighted by atomic mass is 15.1. The number of nitrogens with zero attached hydrogens (tertiary/aromatic N) is 2. The van der Waals surface area contributed by atoms with E-state index in [1.807, 2.05) is 0 Å². The molecule has 0 fully saturated rings. The summed E-state index contributed by atoms with van der Waals surface area (Å²) < 4.78 is 0. The average molecular weight is 292 g/mol. The molecule has 21 heavy (non-hydrogen) atoms. The molecule has 2 N–H and O–H groups in total. The van der Waals surface area contributed by atoms with Crippen LogP contribution in [0, 0.1) is 12.3 Å². The van der Waals surface area contributed by atoms with Gasteiger partial charge in [-0.25, -0.2) is 9.97 Å². The molecule has 1 rings (SSSR count). The molecule has 4 nitrogen and oxygen atoms in total. The third-order valence-electron chi connectivity index (χ3n) is 3.87. The minimum atomic E-state index is 0.187. The second-order valence-corrected chi connectivity index (χ2v) is 7.22. The summed E-state index contributed by atoms with van der Waals surface area (Å²) in [5.74, 6) is 3.12. The molecule has 0 aliphatic heterocycles. The molecule has 0 saturated carbocycles. The summed E-state index contributed by atoms with van der Waals surface area (Å²) in [6.07, 6.45) is 1.08. The van der Waals surface area contributed by atoms with E-state index in [-0.39, 0.29) is 5.41 Å². The molecule has 1 atom stereocenters. The summed E-state index contributed by atoms with van der Waals surface area (Å²) in [5, 5.41) is 6.99. The Morgan fingerprint density at radius 1 is 1.05 bits per heavy atom. The first-order chi connectivity index (χ1) is 9.66. The predicted molar refractivity (Wildman–Crippen MR) is 92.2 cm³/mol. The Morgan fingerprint density at radius 3 is 2.10 bits per heavy atom. The van der Waals surface area contributed by atoms with Crippen LogP contribution in [0.25, 0.3) is 0 Å². The van der Waals surface area contributed by atoms with Gasteiger partial charge < -0.3 is 10.6 Å². The van der Waals surface area contributed by atoms with Crippen molar-refractivity contribution in [2.24, 2.45) is 5.41 Å². The fraction of sp³-hybridized carbons (Fsp3) is 0.765. The fourth-order valence-electron chi connectivity index (χ4n) is 1.77. The van der Waals surface area contributed by atoms with Crippen LogP contribution >= 0.6 is 0 Å². The van der Waals surface area contributed by atoms with Crippen molar-refractivity contribution in [2.75, 3.05) is 17.2 Å². The lowest BCUT2D eigenvalue weighted by Gasteiger charge is -2.29. The lowest BCUT2D eigenvalue weighted by atomic mass is 9.88. The minimum Gasteiger partial charge on any atom is -0.370 e. The van der Waals surface area contributed by atoms with E-state index < -0.39 is 0 Å². The van der Waals surface area contributed by atoms with E-state index in [0.717, 1.165) is 36.0 Å². The maximum absolute atomic E-state index is 4.73. The summed E-state index contributed by atoms with van der Waals surface area (Å²) in [4.78, 5) is 9.41. The maximum atomic E-state index is 4.73. The molecule has 1 aromatic heterocycles. The van der Waals surface area contributed by atoms with E-state index in [4.69, 9.17) is 4.98 Å². The van der Waals surface area contributed by atoms with Gasteiger partial charge in [-0.2, -0.15) is 0 Å². The number of hydrogen-bond acceptors (Lipinski definition) is 4. The van der Waals surface area contributed by atoms with Gasteiger partial charge in [0.2, 0.25) is 0 Å². The minimum absolute atomic E-state index is 0.187. The summed E-state index contributed by atoms with van der Waals surface area (Å²) in [7, 11) is 0. The van der Waals surface area contributed by atoms with Gasteiger partial charge in [0.1, 0.15) is 17.5 Å². The van der Waals surface area contributed by atoms with Gasteiger partial charge >= 0.3 is 0 Å². The van der Waals surface area contributed by atoms with Crippen LogP contribution in [0.1, 0.15) is 72.2 Å². The van der Waals surface area contributed by atoms with E-state index in [1.54, 1.807) is 0 Å². The van der Waals surface area contributed by atoms with Gasteiger partial charge in [-0.15, -0.1) is 0 Å². The standard InChI is InChI=1S/C17H32N4/c1-9-10-18-15-12(4)16(19-13(5)17(6,7)8)21-14(20-15)11(2)3/h11,13H,9-10H2,1-8H3,(H2,18,19,20,21). The molecule has 0 bridgehead atoms. The first kappa shape index (κ1) is 17.7. The Balaban J connectivity index is 3.14. The van der Waals surface area contributed by atoms with Crippen molar-refractivity contribution in [3.8, 4) is 0 Å². The van der Waals surface area contributed by atoms with Crippen molar-refractivity contribution >= 4 is 11.6 Å². The highest BCUT2D eigenvalue weighted by Gasteiger charge is 2.22. The van der Waals surface area contributed by atoms with Crippen molar-refractivity contribution in [3.05, 3.63) is 11.4 Å². The molecule has 120 valence electrons. The molecular weight excluding hydrogens is 260 g/mol. The summed E-state index contributed by atoms with van der Waals surface area (Å²) >= 11 is 0. The lowest BCUT2D eigenvalue weighted by Crippen LogP contribution is -2.31. The zero-order valence-corrected chi connectivity index (χ0v) is 15.0. The molecule has 0 spiro atoms. The van der Waals surface area contributed by atoms with Crippen LogP contribution in [-0.2, 0) is 0 Å². The van der Waals surface area contributed by atoms with Crippen LogP contribution in [0.15, 0.2) is 0 Å². The number of hydrogen-bond donors (Lipinski definition) is 2. The van der Waals surface area contributed by atoms with E-state index >= 15 is 0 Å². The maximum Gasteiger partial charge on any atom is 0.135 e. The average Bonchev–Trinajstić information content (AvgIpc) is 2.38. The number of anilines is 2. The van der Waals surface area contributed by atoms with Gasteiger partial charge in [-0.05, 0) is 25.7 Å². The molecular formula is C17H32N4. The van der Waals surface area contributed by atoms with Crippen LogP contribution in [0.5, 0.6) is 0 Å². The molecule has 0 radical (unpaired) electrons. The zero-order valence-electron chi connectivity index (χ0n) is 15.0. The SMILES string of the molecule is CCCNc1nc(C(C)C)nc(NC(C)C(C)(C)C)c1C. The third kappa shape index (κ3) is 4.87. The van der Waals surface area contributed by atoms with Crippen molar-refractivity contribution in [2.45, 2.75) is 73.8 Å². The van der Waals surface area contributed by atoms with Crippen LogP contribution in [0.4, 0.5) is 11.6 Å². The Hall–Kier alpha value is -1.32. The molecule has 1 unspecified atom stereocenters. The number of nitrogens with one attached hydrogen (secondary N) is 2. The number of aromatic nitrogens is 2. The van der Waals surface area contributed by atoms with Crippen LogP contribution < -0.4 is 10.6 Å². The van der Waals surface area contributed by atoms with Gasteiger partial charge in [0.25, 0.3) is 0 Å². The van der Waals surface area contributed by atoms with Gasteiger partial charge in [0, 0.05) is 24.1 Å². The highest BCUT2D eigenvalue weighted by molar-refractivity contribution is 5.57. The van der Waals surface area contributed by atoms with E-state index in [9.17, 15) is 0 Å². The predicted octanol–water partition coefficient (Wildman–Crippen LogP) is 4.58. The monoisotopic (exact) mass is 292 g/mol. The Labute approximate surface area is 130 Å². The molecule has 0 aliphatic carbocycles. The smallest absolute Gasteiger partial charge is 0.135 e. The summed E-state index contributed by atoms with van der Waals surface area (Å²) in [5.41, 5.74) is 1.29. The Bertz CT molecular complexity index is 461. The zero-order chi connectivity index (χ0) is 16.2. The van der Waals surface area contributed by atoms with E-state index in [2.05, 4.69) is 71.0 Å². The normalized spacial score (nSPS) is 13.4. The molecule has 0 aromatic carbocycles. The topological polar surface area (TPSA) is 49.8 Å². The van der Waals surface area contributed by atoms with Crippen LogP contribution in [-0.4, -0.2) is 22.6 Å². The Kier molecular flexibility index (Phi) is 5.99. The second kappa shape index (κ2) is 7.10. The van der Waals surface area contributed by atoms with Crippen molar-refractivity contribution in [1.82, 2.24) is 9.97 Å². The van der Waals surface area contributed by atoms with Gasteiger partial charge in [-0.3, -0.25) is 0 Å². The second-order valence-electron chi connectivity index (χ2n) is 7.22. The van der Waals surface area contributed by atoms with Gasteiger partial charge in [-0.1, -0.05) is 41.5 Å². The molecule has 0 saturated heterocycles. The van der Waals surface area contributed by atoms with Gasteiger partial charge in [0.05, 0.1) is 0 Å². The first-order valence-electron chi connectivity index (χ1n) is 8.05. The third-order valence-corrected chi connectivity index (χ3v) is 3.87. The van der Waals surface area contributed by atoms with Gasteiger partial charge in [0.15, 0.2) is 0 Å². The molecule has 1 heterocycles. The van der Waals surface area contributed by atoms with Crippen LogP contribution in [0.3, 0.4) is 0 Å². The fourth-order valence-corrected chi connectivity index (χ4v) is 1.77. The number of rotatable bonds is 6.